The lowest BCUT2D eigenvalue weighted by atomic mass is 9.89. The van der Waals surface area contributed by atoms with Crippen LogP contribution in [0.15, 0.2) is 109 Å². The molecule has 28 heavy (non-hydrogen) atoms. The van der Waals surface area contributed by atoms with E-state index in [0.29, 0.717) is 0 Å². The molecule has 0 amide bonds. The minimum absolute atomic E-state index is 0.957. The predicted molar refractivity (Wildman–Crippen MR) is 120 cm³/mol. The van der Waals surface area contributed by atoms with Crippen LogP contribution in [0.25, 0.3) is 21.5 Å². The molecule has 0 heterocycles. The maximum absolute atomic E-state index is 2.33. The van der Waals surface area contributed by atoms with Crippen LogP contribution in [-0.4, -0.2) is 0 Å². The Labute approximate surface area is 166 Å². The first-order valence-corrected chi connectivity index (χ1v) is 9.88. The third kappa shape index (κ3) is 3.18. The molecule has 0 aromatic heterocycles. The molecule has 0 radical (unpaired) electrons. The zero-order valence-corrected chi connectivity index (χ0v) is 15.8. The summed E-state index contributed by atoms with van der Waals surface area (Å²) >= 11 is 0. The molecular formula is C28H22. The molecule has 0 nitrogen and oxygen atoms in total. The zero-order valence-electron chi connectivity index (χ0n) is 15.8. The second kappa shape index (κ2) is 7.32. The molecule has 5 aromatic carbocycles. The van der Waals surface area contributed by atoms with E-state index in [1.54, 1.807) is 0 Å². The molecule has 0 spiro atoms. The van der Waals surface area contributed by atoms with Crippen molar-refractivity contribution in [3.05, 3.63) is 131 Å². The van der Waals surface area contributed by atoms with Crippen LogP contribution in [0.1, 0.15) is 22.3 Å². The fraction of sp³-hybridized carbons (Fsp3) is 0.0714. The molecule has 5 rings (SSSR count). The Balaban J connectivity index is 1.71. The molecular weight excluding hydrogens is 336 g/mol. The minimum Gasteiger partial charge on any atom is -0.0622 e. The molecule has 5 aromatic rings. The Kier molecular flexibility index (Phi) is 4.39. The van der Waals surface area contributed by atoms with Gasteiger partial charge in [-0.25, -0.2) is 0 Å². The highest BCUT2D eigenvalue weighted by atomic mass is 14.2. The lowest BCUT2D eigenvalue weighted by Crippen LogP contribution is -1.99. The molecule has 0 unspecified atom stereocenters. The van der Waals surface area contributed by atoms with Crippen LogP contribution in [-0.2, 0) is 12.8 Å². The molecule has 0 saturated carbocycles. The molecule has 0 heteroatoms. The highest BCUT2D eigenvalue weighted by molar-refractivity contribution is 6.08. The van der Waals surface area contributed by atoms with Crippen LogP contribution in [0.3, 0.4) is 0 Å². The zero-order chi connectivity index (χ0) is 18.8. The highest BCUT2D eigenvalue weighted by Gasteiger charge is 2.11. The van der Waals surface area contributed by atoms with Crippen LogP contribution in [0.5, 0.6) is 0 Å². The van der Waals surface area contributed by atoms with Crippen LogP contribution >= 0.6 is 0 Å². The molecule has 0 bridgehead atoms. The van der Waals surface area contributed by atoms with E-state index in [9.17, 15) is 0 Å². The van der Waals surface area contributed by atoms with Crippen molar-refractivity contribution in [3.63, 3.8) is 0 Å². The summed E-state index contributed by atoms with van der Waals surface area (Å²) in [5.74, 6) is 0. The summed E-state index contributed by atoms with van der Waals surface area (Å²) in [5.41, 5.74) is 5.57. The highest BCUT2D eigenvalue weighted by Crippen LogP contribution is 2.32. The van der Waals surface area contributed by atoms with Gasteiger partial charge in [-0.2, -0.15) is 0 Å². The van der Waals surface area contributed by atoms with Gasteiger partial charge in [-0.1, -0.05) is 109 Å². The van der Waals surface area contributed by atoms with Crippen molar-refractivity contribution in [3.8, 4) is 0 Å². The second-order valence-corrected chi connectivity index (χ2v) is 7.41. The molecule has 0 fully saturated rings. The largest absolute Gasteiger partial charge is 0.0622 e. The van der Waals surface area contributed by atoms with Crippen molar-refractivity contribution in [1.82, 2.24) is 0 Å². The Morgan fingerprint density at radius 3 is 1.75 bits per heavy atom. The van der Waals surface area contributed by atoms with E-state index in [4.69, 9.17) is 0 Å². The lowest BCUT2D eigenvalue weighted by Gasteiger charge is -2.15. The van der Waals surface area contributed by atoms with Gasteiger partial charge < -0.3 is 0 Å². The van der Waals surface area contributed by atoms with Gasteiger partial charge in [0.15, 0.2) is 0 Å². The normalized spacial score (nSPS) is 11.1. The van der Waals surface area contributed by atoms with Gasteiger partial charge in [0.05, 0.1) is 0 Å². The summed E-state index contributed by atoms with van der Waals surface area (Å²) in [7, 11) is 0. The molecule has 0 saturated heterocycles. The minimum atomic E-state index is 0.957. The number of hydrogen-bond acceptors (Lipinski definition) is 0. The molecule has 0 aliphatic carbocycles. The Bertz CT molecular complexity index is 1230. The summed E-state index contributed by atoms with van der Waals surface area (Å²) in [6, 6.07) is 39.5. The third-order valence-corrected chi connectivity index (χ3v) is 5.60. The maximum atomic E-state index is 2.33. The van der Waals surface area contributed by atoms with Crippen molar-refractivity contribution < 1.29 is 0 Å². The standard InChI is InChI=1S/C28H22/c1-3-9-21(10-4-1)19-24-16-18-26-25-14-8-7-13-23(25)15-17-27(26)28(24)20-22-11-5-2-6-12-22/h1-18H,19-20H2. The summed E-state index contributed by atoms with van der Waals surface area (Å²) < 4.78 is 0. The summed E-state index contributed by atoms with van der Waals surface area (Å²) in [5, 5.41) is 5.36. The quantitative estimate of drug-likeness (QED) is 0.299. The first-order chi connectivity index (χ1) is 13.9. The summed E-state index contributed by atoms with van der Waals surface area (Å²) in [4.78, 5) is 0. The van der Waals surface area contributed by atoms with Gasteiger partial charge in [-0.3, -0.25) is 0 Å². The first kappa shape index (κ1) is 16.8. The van der Waals surface area contributed by atoms with Gasteiger partial charge in [0.1, 0.15) is 0 Å². The van der Waals surface area contributed by atoms with Crippen molar-refractivity contribution in [1.29, 1.82) is 0 Å². The van der Waals surface area contributed by atoms with E-state index >= 15 is 0 Å². The van der Waals surface area contributed by atoms with Crippen molar-refractivity contribution >= 4 is 21.5 Å². The fourth-order valence-corrected chi connectivity index (χ4v) is 4.19. The average Bonchev–Trinajstić information content (AvgIpc) is 2.76. The molecule has 0 N–H and O–H groups in total. The summed E-state index contributed by atoms with van der Waals surface area (Å²) in [6.07, 6.45) is 1.92. The average molecular weight is 358 g/mol. The van der Waals surface area contributed by atoms with Crippen molar-refractivity contribution in [2.75, 3.05) is 0 Å². The van der Waals surface area contributed by atoms with Gasteiger partial charge >= 0.3 is 0 Å². The van der Waals surface area contributed by atoms with Gasteiger partial charge in [-0.05, 0) is 56.6 Å². The lowest BCUT2D eigenvalue weighted by molar-refractivity contribution is 1.11. The van der Waals surface area contributed by atoms with E-state index in [0.717, 1.165) is 12.8 Å². The first-order valence-electron chi connectivity index (χ1n) is 9.88. The fourth-order valence-electron chi connectivity index (χ4n) is 4.19. The van der Waals surface area contributed by atoms with E-state index in [-0.39, 0.29) is 0 Å². The predicted octanol–water partition coefficient (Wildman–Crippen LogP) is 7.17. The van der Waals surface area contributed by atoms with E-state index in [1.165, 1.54) is 43.8 Å². The van der Waals surface area contributed by atoms with Crippen LogP contribution < -0.4 is 0 Å². The maximum Gasteiger partial charge on any atom is -0.00168 e. The molecule has 0 aliphatic heterocycles. The second-order valence-electron chi connectivity index (χ2n) is 7.41. The van der Waals surface area contributed by atoms with Crippen LogP contribution in [0.2, 0.25) is 0 Å². The van der Waals surface area contributed by atoms with E-state index < -0.39 is 0 Å². The van der Waals surface area contributed by atoms with Gasteiger partial charge in [0.25, 0.3) is 0 Å². The molecule has 134 valence electrons. The van der Waals surface area contributed by atoms with Crippen LogP contribution in [0.4, 0.5) is 0 Å². The monoisotopic (exact) mass is 358 g/mol. The Morgan fingerprint density at radius 2 is 1.00 bits per heavy atom. The SMILES string of the molecule is c1ccc(Cc2ccc3c(ccc4ccccc43)c2Cc2ccccc2)cc1. The van der Waals surface area contributed by atoms with Gasteiger partial charge in [0.2, 0.25) is 0 Å². The van der Waals surface area contributed by atoms with Crippen molar-refractivity contribution in [2.24, 2.45) is 0 Å². The number of rotatable bonds is 4. The number of fused-ring (bicyclic) bond motifs is 3. The molecule has 0 atom stereocenters. The van der Waals surface area contributed by atoms with Crippen molar-refractivity contribution in [2.45, 2.75) is 12.8 Å². The van der Waals surface area contributed by atoms with Gasteiger partial charge in [0, 0.05) is 0 Å². The summed E-state index contributed by atoms with van der Waals surface area (Å²) in [6.45, 7) is 0. The van der Waals surface area contributed by atoms with Crippen LogP contribution in [0, 0.1) is 0 Å². The third-order valence-electron chi connectivity index (χ3n) is 5.60. The Hall–Kier alpha value is -3.38. The van der Waals surface area contributed by atoms with Gasteiger partial charge in [-0.15, -0.1) is 0 Å². The van der Waals surface area contributed by atoms with E-state index in [1.807, 2.05) is 0 Å². The Morgan fingerprint density at radius 1 is 0.393 bits per heavy atom. The molecule has 0 aliphatic rings. The number of hydrogen-bond donors (Lipinski definition) is 0. The van der Waals surface area contributed by atoms with E-state index in [2.05, 4.69) is 109 Å². The topological polar surface area (TPSA) is 0 Å². The number of benzene rings is 5. The smallest absolute Gasteiger partial charge is 0.00168 e.